The highest BCUT2D eigenvalue weighted by Crippen LogP contribution is 2.18. The lowest BCUT2D eigenvalue weighted by Crippen LogP contribution is -2.08. The third kappa shape index (κ3) is 7.44. The molecule has 0 N–H and O–H groups in total. The van der Waals surface area contributed by atoms with E-state index in [4.69, 9.17) is 16.3 Å². The van der Waals surface area contributed by atoms with Gasteiger partial charge in [0.2, 0.25) is 0 Å². The summed E-state index contributed by atoms with van der Waals surface area (Å²) < 4.78 is 4.92. The number of carbonyl (C=O) groups excluding carboxylic acids is 1. The van der Waals surface area contributed by atoms with Crippen LogP contribution in [0.1, 0.15) is 13.8 Å². The molecule has 0 spiro atoms. The summed E-state index contributed by atoms with van der Waals surface area (Å²) in [5.41, 5.74) is 1.46. The maximum absolute atomic E-state index is 11.5. The van der Waals surface area contributed by atoms with E-state index in [1.165, 1.54) is 11.8 Å². The molecule has 7 heteroatoms. The quantitative estimate of drug-likeness (QED) is 0.266. The van der Waals surface area contributed by atoms with Crippen molar-refractivity contribution in [3.8, 4) is 23.2 Å². The molecule has 0 atom stereocenters. The highest BCUT2D eigenvalue weighted by Gasteiger charge is 2.07. The van der Waals surface area contributed by atoms with E-state index in [-0.39, 0.29) is 24.2 Å². The van der Waals surface area contributed by atoms with Crippen LogP contribution in [0.15, 0.2) is 41.8 Å². The van der Waals surface area contributed by atoms with Gasteiger partial charge in [-0.15, -0.1) is 11.6 Å². The average Bonchev–Trinajstić information content (AvgIpc) is 2.66. The van der Waals surface area contributed by atoms with Crippen LogP contribution in [-0.2, 0) is 9.53 Å². The molecule has 0 aliphatic carbocycles. The van der Waals surface area contributed by atoms with E-state index in [0.29, 0.717) is 10.9 Å². The van der Waals surface area contributed by atoms with Crippen molar-refractivity contribution in [3.63, 3.8) is 0 Å². The van der Waals surface area contributed by atoms with Crippen molar-refractivity contribution in [1.82, 2.24) is 15.0 Å². The summed E-state index contributed by atoms with van der Waals surface area (Å²) in [7, 11) is 0. The van der Waals surface area contributed by atoms with Gasteiger partial charge in [-0.3, -0.25) is 9.78 Å². The van der Waals surface area contributed by atoms with Gasteiger partial charge in [-0.2, -0.15) is 0 Å². The Kier molecular flexibility index (Phi) is 10.3. The van der Waals surface area contributed by atoms with Crippen molar-refractivity contribution >= 4 is 29.3 Å². The van der Waals surface area contributed by atoms with Gasteiger partial charge in [0.05, 0.1) is 23.0 Å². The van der Waals surface area contributed by atoms with Crippen molar-refractivity contribution in [2.24, 2.45) is 0 Å². The fourth-order valence-corrected chi connectivity index (χ4v) is 2.17. The molecule has 0 saturated carbocycles. The summed E-state index contributed by atoms with van der Waals surface area (Å²) in [5, 5.41) is 0.493. The van der Waals surface area contributed by atoms with E-state index < -0.39 is 0 Å². The van der Waals surface area contributed by atoms with Gasteiger partial charge >= 0.3 is 5.97 Å². The molecule has 0 radical (unpaired) electrons. The Bertz CT molecular complexity index is 687. The van der Waals surface area contributed by atoms with Crippen LogP contribution in [0, 0.1) is 11.8 Å². The largest absolute Gasteiger partial charge is 0.452 e. The topological polar surface area (TPSA) is 65.0 Å². The van der Waals surface area contributed by atoms with Crippen molar-refractivity contribution in [2.75, 3.05) is 18.2 Å². The van der Waals surface area contributed by atoms with Crippen molar-refractivity contribution < 1.29 is 9.53 Å². The van der Waals surface area contributed by atoms with Crippen LogP contribution in [0.2, 0.25) is 0 Å². The summed E-state index contributed by atoms with van der Waals surface area (Å²) >= 11 is 6.59. The first kappa shape index (κ1) is 19.9. The first-order valence-corrected chi connectivity index (χ1v) is 8.86. The minimum atomic E-state index is -0.374. The summed E-state index contributed by atoms with van der Waals surface area (Å²) in [6.45, 7) is 4.04. The number of aromatic nitrogens is 3. The number of nitrogens with zero attached hydrogens (tertiary/aromatic N) is 3. The van der Waals surface area contributed by atoms with Crippen LogP contribution >= 0.6 is 23.4 Å². The zero-order valence-corrected chi connectivity index (χ0v) is 15.1. The zero-order valence-electron chi connectivity index (χ0n) is 13.5. The number of rotatable bonds is 5. The van der Waals surface area contributed by atoms with Crippen molar-refractivity contribution in [1.29, 1.82) is 0 Å². The third-order valence-corrected chi connectivity index (χ3v) is 3.35. The van der Waals surface area contributed by atoms with E-state index in [1.54, 1.807) is 18.5 Å². The average molecular weight is 364 g/mol. The number of carbonyl (C=O) groups is 1. The number of esters is 1. The molecule has 2 heterocycles. The lowest BCUT2D eigenvalue weighted by atomic mass is 10.3. The highest BCUT2D eigenvalue weighted by molar-refractivity contribution is 7.99. The lowest BCUT2D eigenvalue weighted by Gasteiger charge is -2.03. The van der Waals surface area contributed by atoms with E-state index in [1.807, 2.05) is 32.0 Å². The Labute approximate surface area is 151 Å². The Hall–Kier alpha value is -2.10. The number of alkyl halides is 1. The van der Waals surface area contributed by atoms with Gasteiger partial charge < -0.3 is 4.74 Å². The smallest absolute Gasteiger partial charge is 0.317 e. The number of thioether (sulfide) groups is 1. The van der Waals surface area contributed by atoms with Crippen LogP contribution in [0.4, 0.5) is 0 Å². The summed E-state index contributed by atoms with van der Waals surface area (Å²) in [6, 6.07) is 7.35. The molecule has 0 amide bonds. The zero-order chi connectivity index (χ0) is 17.6. The standard InChI is InChI=1S/C15H12ClN3O2S.C2H6/c16-7-2-4-10-21-14(20)11-22-15-18-9-6-13(19-15)12-5-1-3-8-17-12;1-2/h1,3,5-6,8-9H,7,10-11H2;1-2H3. The highest BCUT2D eigenvalue weighted by atomic mass is 35.5. The SMILES string of the molecule is CC.O=C(CSc1nccc(-c2ccccn2)n1)OCC#CCCl. The molecular weight excluding hydrogens is 346 g/mol. The van der Waals surface area contributed by atoms with E-state index in [2.05, 4.69) is 26.8 Å². The number of hydrogen-bond donors (Lipinski definition) is 0. The van der Waals surface area contributed by atoms with E-state index >= 15 is 0 Å². The summed E-state index contributed by atoms with van der Waals surface area (Å²) in [5.74, 6) is 5.19. The molecule has 2 aromatic rings. The predicted octanol–water partition coefficient (Wildman–Crippen LogP) is 3.44. The van der Waals surface area contributed by atoms with Gasteiger partial charge in [0.25, 0.3) is 0 Å². The van der Waals surface area contributed by atoms with Crippen LogP contribution in [0.5, 0.6) is 0 Å². The molecule has 24 heavy (non-hydrogen) atoms. The molecule has 0 saturated heterocycles. The minimum Gasteiger partial charge on any atom is -0.452 e. The van der Waals surface area contributed by atoms with Gasteiger partial charge in [-0.1, -0.05) is 43.5 Å². The molecule has 0 aliphatic rings. The second-order valence-electron chi connectivity index (χ2n) is 3.88. The van der Waals surface area contributed by atoms with Crippen molar-refractivity contribution in [3.05, 3.63) is 36.7 Å². The monoisotopic (exact) mass is 363 g/mol. The van der Waals surface area contributed by atoms with Gasteiger partial charge in [0, 0.05) is 12.4 Å². The lowest BCUT2D eigenvalue weighted by molar-refractivity contribution is -0.138. The van der Waals surface area contributed by atoms with Gasteiger partial charge in [-0.25, -0.2) is 9.97 Å². The first-order chi connectivity index (χ1) is 11.8. The third-order valence-electron chi connectivity index (χ3n) is 2.38. The fourth-order valence-electron chi connectivity index (χ4n) is 1.45. The molecule has 2 rings (SSSR count). The van der Waals surface area contributed by atoms with Gasteiger partial charge in [0.15, 0.2) is 11.8 Å². The first-order valence-electron chi connectivity index (χ1n) is 7.34. The molecule has 0 bridgehead atoms. The maximum Gasteiger partial charge on any atom is 0.317 e. The van der Waals surface area contributed by atoms with Crippen LogP contribution < -0.4 is 0 Å². The number of pyridine rings is 1. The molecule has 2 aromatic heterocycles. The molecule has 0 aliphatic heterocycles. The van der Waals surface area contributed by atoms with Gasteiger partial charge in [0.1, 0.15) is 0 Å². The van der Waals surface area contributed by atoms with Crippen LogP contribution in [0.3, 0.4) is 0 Å². The number of ether oxygens (including phenoxy) is 1. The number of halogens is 1. The molecule has 0 fully saturated rings. The second-order valence-corrected chi connectivity index (χ2v) is 5.09. The predicted molar refractivity (Wildman–Crippen MR) is 96.8 cm³/mol. The van der Waals surface area contributed by atoms with Crippen LogP contribution in [0.25, 0.3) is 11.4 Å². The molecule has 5 nitrogen and oxygen atoms in total. The second kappa shape index (κ2) is 12.3. The van der Waals surface area contributed by atoms with E-state index in [9.17, 15) is 4.79 Å². The Morgan fingerprint density at radius 1 is 1.17 bits per heavy atom. The summed E-state index contributed by atoms with van der Waals surface area (Å²) in [4.78, 5) is 24.2. The Morgan fingerprint density at radius 2 is 2.00 bits per heavy atom. The van der Waals surface area contributed by atoms with E-state index in [0.717, 1.165) is 5.69 Å². The van der Waals surface area contributed by atoms with Crippen molar-refractivity contribution in [2.45, 2.75) is 19.0 Å². The Morgan fingerprint density at radius 3 is 2.71 bits per heavy atom. The minimum absolute atomic E-state index is 0.0426. The van der Waals surface area contributed by atoms with Crippen LogP contribution in [-0.4, -0.2) is 39.2 Å². The Balaban J connectivity index is 0.00000139. The maximum atomic E-state index is 11.5. The normalized spacial score (nSPS) is 9.12. The molecule has 0 aromatic carbocycles. The molecule has 126 valence electrons. The summed E-state index contributed by atoms with van der Waals surface area (Å²) in [6.07, 6.45) is 3.33. The fraction of sp³-hybridized carbons (Fsp3) is 0.294. The molecule has 0 unspecified atom stereocenters. The number of hydrogen-bond acceptors (Lipinski definition) is 6. The van der Waals surface area contributed by atoms with Gasteiger partial charge in [-0.05, 0) is 18.2 Å². The molecular formula is C17H18ClN3O2S.